The molecule has 1 aliphatic rings. The summed E-state index contributed by atoms with van der Waals surface area (Å²) in [6.07, 6.45) is 1.87. The van der Waals surface area contributed by atoms with Gasteiger partial charge in [0.05, 0.1) is 11.1 Å². The van der Waals surface area contributed by atoms with Crippen LogP contribution < -0.4 is 5.32 Å². The Labute approximate surface area is 154 Å². The normalized spacial score (nSPS) is 17.7. The van der Waals surface area contributed by atoms with Gasteiger partial charge < -0.3 is 5.32 Å². The van der Waals surface area contributed by atoms with E-state index in [1.54, 1.807) is 36.4 Å². The molecule has 0 spiro atoms. The first-order valence-electron chi connectivity index (χ1n) is 6.85. The van der Waals surface area contributed by atoms with Crippen LogP contribution in [-0.2, 0) is 4.79 Å². The van der Waals surface area contributed by atoms with E-state index in [4.69, 9.17) is 46.4 Å². The van der Waals surface area contributed by atoms with Crippen LogP contribution in [-0.4, -0.2) is 5.78 Å². The van der Waals surface area contributed by atoms with Crippen molar-refractivity contribution >= 4 is 57.9 Å². The Bertz CT molecular complexity index is 816. The van der Waals surface area contributed by atoms with Crippen molar-refractivity contribution in [2.24, 2.45) is 0 Å². The second kappa shape index (κ2) is 6.74. The van der Waals surface area contributed by atoms with Crippen LogP contribution in [0.1, 0.15) is 23.6 Å². The van der Waals surface area contributed by atoms with E-state index in [0.29, 0.717) is 32.2 Å². The zero-order chi connectivity index (χ0) is 16.6. The molecule has 0 bridgehead atoms. The maximum absolute atomic E-state index is 12.1. The lowest BCUT2D eigenvalue weighted by Gasteiger charge is -2.26. The second-order valence-electron chi connectivity index (χ2n) is 5.22. The minimum absolute atomic E-state index is 0.000725. The highest BCUT2D eigenvalue weighted by Gasteiger charge is 2.24. The molecule has 1 N–H and O–H groups in total. The second-order valence-corrected chi connectivity index (χ2v) is 6.90. The minimum Gasteiger partial charge on any atom is -0.377 e. The van der Waals surface area contributed by atoms with E-state index >= 15 is 0 Å². The number of rotatable bonds is 2. The summed E-state index contributed by atoms with van der Waals surface area (Å²) < 4.78 is 0. The third-order valence-corrected chi connectivity index (χ3v) is 4.71. The highest BCUT2D eigenvalue weighted by atomic mass is 35.5. The summed E-state index contributed by atoms with van der Waals surface area (Å²) in [5, 5.41) is 5.41. The van der Waals surface area contributed by atoms with Gasteiger partial charge in [0.1, 0.15) is 0 Å². The van der Waals surface area contributed by atoms with E-state index in [1.165, 1.54) is 0 Å². The van der Waals surface area contributed by atoms with Gasteiger partial charge in [0, 0.05) is 38.8 Å². The molecule has 23 heavy (non-hydrogen) atoms. The fraction of sp³-hybridized carbons (Fsp3) is 0.118. The average Bonchev–Trinajstić information content (AvgIpc) is 2.46. The molecule has 0 fully saturated rings. The molecule has 118 valence electrons. The molecule has 1 atom stereocenters. The first-order chi connectivity index (χ1) is 10.9. The van der Waals surface area contributed by atoms with Gasteiger partial charge >= 0.3 is 0 Å². The number of carbonyl (C=O) groups is 1. The third kappa shape index (κ3) is 3.67. The van der Waals surface area contributed by atoms with Crippen LogP contribution >= 0.6 is 46.4 Å². The van der Waals surface area contributed by atoms with Crippen LogP contribution in [0.5, 0.6) is 0 Å². The Morgan fingerprint density at radius 2 is 1.57 bits per heavy atom. The van der Waals surface area contributed by atoms with Gasteiger partial charge in [-0.2, -0.15) is 0 Å². The van der Waals surface area contributed by atoms with E-state index in [0.717, 1.165) is 11.1 Å². The molecule has 2 nitrogen and oxygen atoms in total. The van der Waals surface area contributed by atoms with Crippen molar-refractivity contribution < 1.29 is 4.79 Å². The van der Waals surface area contributed by atoms with E-state index < -0.39 is 0 Å². The van der Waals surface area contributed by atoms with Crippen LogP contribution in [0.3, 0.4) is 0 Å². The molecule has 2 aromatic rings. The van der Waals surface area contributed by atoms with Gasteiger partial charge in [0.25, 0.3) is 0 Å². The molecular weight excluding hydrogens is 376 g/mol. The Morgan fingerprint density at radius 1 is 0.913 bits per heavy atom. The number of allylic oxidation sites excluding steroid dienone is 1. The van der Waals surface area contributed by atoms with Crippen LogP contribution in [0.2, 0.25) is 20.1 Å². The predicted octanol–water partition coefficient (Wildman–Crippen LogP) is 5.94. The highest BCUT2D eigenvalue weighted by molar-refractivity contribution is 6.36. The minimum atomic E-state index is -0.237. The lowest BCUT2D eigenvalue weighted by atomic mass is 9.95. The van der Waals surface area contributed by atoms with Crippen LogP contribution in [0.25, 0.3) is 5.70 Å². The van der Waals surface area contributed by atoms with Crippen molar-refractivity contribution in [1.29, 1.82) is 0 Å². The summed E-state index contributed by atoms with van der Waals surface area (Å²) in [7, 11) is 0. The van der Waals surface area contributed by atoms with E-state index in [9.17, 15) is 4.79 Å². The number of ketones is 1. The van der Waals surface area contributed by atoms with Crippen LogP contribution in [0, 0.1) is 0 Å². The quantitative estimate of drug-likeness (QED) is 0.691. The summed E-state index contributed by atoms with van der Waals surface area (Å²) in [6, 6.07) is 10.2. The molecule has 1 heterocycles. The number of nitrogens with one attached hydrogen (secondary N) is 1. The Kier molecular flexibility index (Phi) is 4.88. The van der Waals surface area contributed by atoms with Crippen molar-refractivity contribution in [2.75, 3.05) is 0 Å². The number of carbonyl (C=O) groups excluding carboxylic acids is 1. The first kappa shape index (κ1) is 16.7. The zero-order valence-corrected chi connectivity index (χ0v) is 14.8. The third-order valence-electron chi connectivity index (χ3n) is 3.60. The number of hydrogen-bond donors (Lipinski definition) is 1. The van der Waals surface area contributed by atoms with E-state index in [-0.39, 0.29) is 11.8 Å². The lowest BCUT2D eigenvalue weighted by Crippen LogP contribution is -2.27. The van der Waals surface area contributed by atoms with Crippen molar-refractivity contribution in [3.05, 3.63) is 73.7 Å². The maximum atomic E-state index is 12.1. The Hall–Kier alpha value is -1.19. The fourth-order valence-electron chi connectivity index (χ4n) is 2.54. The number of halogens is 4. The lowest BCUT2D eigenvalue weighted by molar-refractivity contribution is -0.115. The zero-order valence-electron chi connectivity index (χ0n) is 11.7. The molecular formula is C17H11Cl4NO. The van der Waals surface area contributed by atoms with Crippen LogP contribution in [0.4, 0.5) is 0 Å². The van der Waals surface area contributed by atoms with Gasteiger partial charge in [0.2, 0.25) is 0 Å². The Balaban J connectivity index is 1.96. The summed E-state index contributed by atoms with van der Waals surface area (Å²) in [5.74, 6) is 0.000725. The smallest absolute Gasteiger partial charge is 0.160 e. The average molecular weight is 387 g/mol. The number of benzene rings is 2. The summed E-state index contributed by atoms with van der Waals surface area (Å²) in [6.45, 7) is 0. The van der Waals surface area contributed by atoms with Gasteiger partial charge in [-0.05, 0) is 35.9 Å². The standard InChI is InChI=1S/C17H11Cl4NO/c18-9-1-3-12(14(20)5-9)16-7-11(23)8-17(22-16)13-4-2-10(19)6-15(13)21/h1-7,17,22H,8H2/t17-/m0/s1. The molecule has 6 heteroatoms. The molecule has 1 aliphatic heterocycles. The molecule has 0 radical (unpaired) electrons. The topological polar surface area (TPSA) is 29.1 Å². The summed E-state index contributed by atoms with van der Waals surface area (Å²) >= 11 is 24.3. The molecule has 0 unspecified atom stereocenters. The summed E-state index contributed by atoms with van der Waals surface area (Å²) in [4.78, 5) is 12.1. The molecule has 0 aromatic heterocycles. The highest BCUT2D eigenvalue weighted by Crippen LogP contribution is 2.34. The molecule has 0 saturated heterocycles. The monoisotopic (exact) mass is 385 g/mol. The van der Waals surface area contributed by atoms with Crippen molar-refractivity contribution in [3.8, 4) is 0 Å². The molecule has 0 aliphatic carbocycles. The van der Waals surface area contributed by atoms with Crippen molar-refractivity contribution in [2.45, 2.75) is 12.5 Å². The largest absolute Gasteiger partial charge is 0.377 e. The van der Waals surface area contributed by atoms with Crippen LogP contribution in [0.15, 0.2) is 42.5 Å². The van der Waals surface area contributed by atoms with Gasteiger partial charge in [-0.15, -0.1) is 0 Å². The van der Waals surface area contributed by atoms with Gasteiger partial charge in [-0.1, -0.05) is 52.5 Å². The summed E-state index contributed by atoms with van der Waals surface area (Å²) in [5.41, 5.74) is 2.19. The number of hydrogen-bond acceptors (Lipinski definition) is 2. The van der Waals surface area contributed by atoms with Gasteiger partial charge in [0.15, 0.2) is 5.78 Å². The van der Waals surface area contributed by atoms with E-state index in [2.05, 4.69) is 5.32 Å². The molecule has 0 amide bonds. The van der Waals surface area contributed by atoms with Gasteiger partial charge in [-0.3, -0.25) is 4.79 Å². The molecule has 2 aromatic carbocycles. The predicted molar refractivity (Wildman–Crippen MR) is 96.4 cm³/mol. The van der Waals surface area contributed by atoms with Gasteiger partial charge in [-0.25, -0.2) is 0 Å². The molecule has 3 rings (SSSR count). The first-order valence-corrected chi connectivity index (χ1v) is 8.36. The Morgan fingerprint density at radius 3 is 2.22 bits per heavy atom. The van der Waals surface area contributed by atoms with Crippen molar-refractivity contribution in [3.63, 3.8) is 0 Å². The van der Waals surface area contributed by atoms with Crippen molar-refractivity contribution in [1.82, 2.24) is 5.32 Å². The SMILES string of the molecule is O=C1C=C(c2ccc(Cl)cc2Cl)N[C@H](c2ccc(Cl)cc2Cl)C1. The fourth-order valence-corrected chi connectivity index (χ4v) is 3.59. The maximum Gasteiger partial charge on any atom is 0.160 e. The molecule has 0 saturated carbocycles. The van der Waals surface area contributed by atoms with E-state index in [1.807, 2.05) is 6.07 Å².